The van der Waals surface area contributed by atoms with Gasteiger partial charge in [0.05, 0.1) is 13.0 Å². The molecule has 2 aromatic rings. The van der Waals surface area contributed by atoms with Crippen LogP contribution >= 0.6 is 22.7 Å². The Kier molecular flexibility index (Phi) is 6.05. The minimum absolute atomic E-state index is 0.0186. The Morgan fingerprint density at radius 3 is 2.23 bits per heavy atom. The Morgan fingerprint density at radius 2 is 1.69 bits per heavy atom. The fraction of sp³-hybridized carbons (Fsp3) is 0.389. The number of aliphatic carboxylic acids is 1. The summed E-state index contributed by atoms with van der Waals surface area (Å²) in [7, 11) is 0. The molecule has 1 atom stereocenters. The van der Waals surface area contributed by atoms with Crippen LogP contribution < -0.4 is 0 Å². The highest BCUT2D eigenvalue weighted by Gasteiger charge is 2.40. The predicted molar refractivity (Wildman–Crippen MR) is 100 cm³/mol. The second kappa shape index (κ2) is 8.46. The van der Waals surface area contributed by atoms with Crippen molar-refractivity contribution >= 4 is 40.5 Å². The van der Waals surface area contributed by atoms with Gasteiger partial charge in [-0.3, -0.25) is 14.4 Å². The highest BCUT2D eigenvalue weighted by atomic mass is 32.1. The number of piperazine rings is 1. The van der Waals surface area contributed by atoms with Crippen LogP contribution in [0, 0.1) is 0 Å². The Labute approximate surface area is 159 Å². The molecule has 0 saturated carbocycles. The zero-order valence-electron chi connectivity index (χ0n) is 14.2. The van der Waals surface area contributed by atoms with Gasteiger partial charge in [-0.25, -0.2) is 0 Å². The van der Waals surface area contributed by atoms with Gasteiger partial charge in [0.25, 0.3) is 0 Å². The Hall–Kier alpha value is -2.19. The number of hydrogen-bond donors (Lipinski definition) is 1. The van der Waals surface area contributed by atoms with Crippen LogP contribution in [0.25, 0.3) is 0 Å². The Morgan fingerprint density at radius 1 is 1.08 bits per heavy atom. The summed E-state index contributed by atoms with van der Waals surface area (Å²) in [5, 5.41) is 13.1. The topological polar surface area (TPSA) is 77.9 Å². The Balaban J connectivity index is 1.68. The Bertz CT molecular complexity index is 758. The van der Waals surface area contributed by atoms with Gasteiger partial charge in [0.15, 0.2) is 0 Å². The van der Waals surface area contributed by atoms with Crippen LogP contribution in [0.5, 0.6) is 0 Å². The van der Waals surface area contributed by atoms with Crippen molar-refractivity contribution in [1.82, 2.24) is 9.80 Å². The van der Waals surface area contributed by atoms with Crippen molar-refractivity contribution in [3.63, 3.8) is 0 Å². The van der Waals surface area contributed by atoms with E-state index in [-0.39, 0.29) is 24.8 Å². The fourth-order valence-corrected chi connectivity index (χ4v) is 4.46. The average molecular weight is 393 g/mol. The highest BCUT2D eigenvalue weighted by Crippen LogP contribution is 2.19. The van der Waals surface area contributed by atoms with Crippen LogP contribution in [0.4, 0.5) is 0 Å². The number of carbonyl (C=O) groups is 3. The van der Waals surface area contributed by atoms with Gasteiger partial charge in [0, 0.05) is 22.8 Å². The standard InChI is InChI=1S/C18H20N2O4S2/c21-16-12-19(7-5-13-3-1-9-25-13)18(24)15(11-17(22)23)20(16)8-6-14-4-2-10-26-14/h1-4,9-10,15H,5-8,11-12H2,(H,22,23). The first-order valence-corrected chi connectivity index (χ1v) is 10.2. The highest BCUT2D eigenvalue weighted by molar-refractivity contribution is 7.10. The summed E-state index contributed by atoms with van der Waals surface area (Å²) in [5.74, 6) is -1.52. The first-order valence-electron chi connectivity index (χ1n) is 8.39. The van der Waals surface area contributed by atoms with E-state index in [9.17, 15) is 19.5 Å². The lowest BCUT2D eigenvalue weighted by atomic mass is 10.1. The monoisotopic (exact) mass is 392 g/mol. The summed E-state index contributed by atoms with van der Waals surface area (Å²) in [4.78, 5) is 41.9. The molecular formula is C18H20N2O4S2. The molecule has 1 saturated heterocycles. The van der Waals surface area contributed by atoms with E-state index in [2.05, 4.69) is 0 Å². The van der Waals surface area contributed by atoms with Gasteiger partial charge in [-0.1, -0.05) is 12.1 Å². The molecule has 26 heavy (non-hydrogen) atoms. The largest absolute Gasteiger partial charge is 0.481 e. The third kappa shape index (κ3) is 4.50. The van der Waals surface area contributed by atoms with E-state index in [4.69, 9.17) is 0 Å². The summed E-state index contributed by atoms with van der Waals surface area (Å²) < 4.78 is 0. The van der Waals surface area contributed by atoms with Crippen LogP contribution in [0.3, 0.4) is 0 Å². The van der Waals surface area contributed by atoms with Gasteiger partial charge < -0.3 is 14.9 Å². The van der Waals surface area contributed by atoms with Crippen molar-refractivity contribution in [3.8, 4) is 0 Å². The molecule has 2 aromatic heterocycles. The molecule has 1 aliphatic heterocycles. The van der Waals surface area contributed by atoms with Gasteiger partial charge in [0.1, 0.15) is 6.04 Å². The van der Waals surface area contributed by atoms with Crippen molar-refractivity contribution in [2.24, 2.45) is 0 Å². The molecule has 0 spiro atoms. The molecule has 1 fully saturated rings. The second-order valence-electron chi connectivity index (χ2n) is 6.12. The fourth-order valence-electron chi connectivity index (χ4n) is 3.07. The molecule has 1 unspecified atom stereocenters. The van der Waals surface area contributed by atoms with Crippen molar-refractivity contribution in [2.75, 3.05) is 19.6 Å². The number of carboxylic acids is 1. The van der Waals surface area contributed by atoms with Crippen LogP contribution in [0.2, 0.25) is 0 Å². The van der Waals surface area contributed by atoms with Crippen molar-refractivity contribution in [1.29, 1.82) is 0 Å². The minimum atomic E-state index is -1.07. The number of amides is 2. The van der Waals surface area contributed by atoms with Crippen LogP contribution in [-0.2, 0) is 27.2 Å². The summed E-state index contributed by atoms with van der Waals surface area (Å²) in [6, 6.07) is 6.92. The average Bonchev–Trinajstić information content (AvgIpc) is 3.29. The van der Waals surface area contributed by atoms with Crippen LogP contribution in [-0.4, -0.2) is 58.4 Å². The normalized spacial score (nSPS) is 17.8. The molecule has 1 N–H and O–H groups in total. The van der Waals surface area contributed by atoms with Gasteiger partial charge >= 0.3 is 5.97 Å². The number of carboxylic acid groups (broad SMARTS) is 1. The molecule has 0 aromatic carbocycles. The zero-order chi connectivity index (χ0) is 18.5. The SMILES string of the molecule is O=C(O)CC1C(=O)N(CCc2cccs2)CC(=O)N1CCc1cccs1. The van der Waals surface area contributed by atoms with E-state index in [1.807, 2.05) is 35.0 Å². The summed E-state index contributed by atoms with van der Waals surface area (Å²) >= 11 is 3.19. The third-order valence-corrected chi connectivity index (χ3v) is 6.25. The minimum Gasteiger partial charge on any atom is -0.481 e. The second-order valence-corrected chi connectivity index (χ2v) is 8.18. The van der Waals surface area contributed by atoms with E-state index >= 15 is 0 Å². The van der Waals surface area contributed by atoms with E-state index in [0.29, 0.717) is 25.9 Å². The maximum atomic E-state index is 12.8. The third-order valence-electron chi connectivity index (χ3n) is 4.37. The van der Waals surface area contributed by atoms with Crippen molar-refractivity contribution < 1.29 is 19.5 Å². The molecule has 0 bridgehead atoms. The van der Waals surface area contributed by atoms with Gasteiger partial charge in [-0.2, -0.15) is 0 Å². The molecule has 6 nitrogen and oxygen atoms in total. The predicted octanol–water partition coefficient (Wildman–Crippen LogP) is 2.11. The van der Waals surface area contributed by atoms with Gasteiger partial charge in [-0.05, 0) is 35.7 Å². The number of carbonyl (C=O) groups excluding carboxylic acids is 2. The van der Waals surface area contributed by atoms with Crippen molar-refractivity contribution in [3.05, 3.63) is 44.8 Å². The van der Waals surface area contributed by atoms with E-state index < -0.39 is 12.0 Å². The maximum Gasteiger partial charge on any atom is 0.305 e. The molecule has 0 radical (unpaired) electrons. The number of hydrogen-bond acceptors (Lipinski definition) is 5. The molecule has 3 rings (SSSR count). The smallest absolute Gasteiger partial charge is 0.305 e. The van der Waals surface area contributed by atoms with Gasteiger partial charge in [-0.15, -0.1) is 22.7 Å². The first kappa shape index (κ1) is 18.6. The zero-order valence-corrected chi connectivity index (χ0v) is 15.8. The lowest BCUT2D eigenvalue weighted by Gasteiger charge is -2.39. The maximum absolute atomic E-state index is 12.8. The van der Waals surface area contributed by atoms with Crippen molar-refractivity contribution in [2.45, 2.75) is 25.3 Å². The molecule has 0 aliphatic carbocycles. The number of thiophene rings is 2. The lowest BCUT2D eigenvalue weighted by molar-refractivity contribution is -0.158. The summed E-state index contributed by atoms with van der Waals surface area (Å²) in [6.07, 6.45) is 0.943. The van der Waals surface area contributed by atoms with E-state index in [1.165, 1.54) is 9.80 Å². The van der Waals surface area contributed by atoms with Crippen LogP contribution in [0.15, 0.2) is 35.0 Å². The number of rotatable bonds is 8. The number of nitrogens with zero attached hydrogens (tertiary/aromatic N) is 2. The van der Waals surface area contributed by atoms with E-state index in [1.54, 1.807) is 22.7 Å². The molecule has 8 heteroatoms. The quantitative estimate of drug-likeness (QED) is 0.746. The molecular weight excluding hydrogens is 372 g/mol. The molecule has 3 heterocycles. The van der Waals surface area contributed by atoms with E-state index in [0.717, 1.165) is 9.75 Å². The summed E-state index contributed by atoms with van der Waals surface area (Å²) in [5.41, 5.74) is 0. The molecule has 1 aliphatic rings. The first-order chi connectivity index (χ1) is 12.5. The molecule has 2 amide bonds. The van der Waals surface area contributed by atoms with Crippen LogP contribution in [0.1, 0.15) is 16.2 Å². The lowest BCUT2D eigenvalue weighted by Crippen LogP contribution is -2.61. The summed E-state index contributed by atoms with van der Waals surface area (Å²) in [6.45, 7) is 0.812. The van der Waals surface area contributed by atoms with Gasteiger partial charge in [0.2, 0.25) is 11.8 Å². The molecule has 138 valence electrons.